The zero-order chi connectivity index (χ0) is 12.3. The first-order chi connectivity index (χ1) is 7.47. The van der Waals surface area contributed by atoms with Crippen LogP contribution in [0.15, 0.2) is 6.20 Å². The van der Waals surface area contributed by atoms with E-state index in [2.05, 4.69) is 5.32 Å². The van der Waals surface area contributed by atoms with Crippen molar-refractivity contribution in [1.29, 1.82) is 0 Å². The topological polar surface area (TPSA) is 54.3 Å². The molecule has 1 aromatic rings. The van der Waals surface area contributed by atoms with Crippen molar-refractivity contribution in [3.63, 3.8) is 0 Å². The number of rotatable bonds is 5. The molecule has 1 aromatic heterocycles. The standard InChI is InChI=1S/C12H20N2O2/c1-8-6-14(7-11(16)5-13-4)9(2)12(8)10(3)15/h6,11,13,16H,5,7H2,1-4H3/t11-/m1/s1. The number of carbonyl (C=O) groups is 1. The molecule has 0 saturated carbocycles. The van der Waals surface area contributed by atoms with Crippen molar-refractivity contribution in [2.75, 3.05) is 13.6 Å². The van der Waals surface area contributed by atoms with Crippen molar-refractivity contribution in [2.24, 2.45) is 0 Å². The van der Waals surface area contributed by atoms with Gasteiger partial charge in [-0.2, -0.15) is 0 Å². The number of ketones is 1. The smallest absolute Gasteiger partial charge is 0.161 e. The van der Waals surface area contributed by atoms with Gasteiger partial charge in [-0.15, -0.1) is 0 Å². The molecule has 90 valence electrons. The number of aliphatic hydroxyl groups is 1. The van der Waals surface area contributed by atoms with E-state index in [0.29, 0.717) is 13.1 Å². The van der Waals surface area contributed by atoms with Gasteiger partial charge in [0.15, 0.2) is 5.78 Å². The molecule has 0 spiro atoms. The Bertz CT molecular complexity index is 383. The van der Waals surface area contributed by atoms with Crippen LogP contribution in [0.5, 0.6) is 0 Å². The number of nitrogens with zero attached hydrogens (tertiary/aromatic N) is 1. The maximum Gasteiger partial charge on any atom is 0.161 e. The SMILES string of the molecule is CNC[C@@H](O)Cn1cc(C)c(C(C)=O)c1C. The summed E-state index contributed by atoms with van der Waals surface area (Å²) in [5.41, 5.74) is 2.68. The fourth-order valence-electron chi connectivity index (χ4n) is 2.07. The maximum absolute atomic E-state index is 11.4. The fourth-order valence-corrected chi connectivity index (χ4v) is 2.07. The van der Waals surface area contributed by atoms with Crippen LogP contribution in [-0.2, 0) is 6.54 Å². The van der Waals surface area contributed by atoms with Crippen molar-refractivity contribution in [1.82, 2.24) is 9.88 Å². The summed E-state index contributed by atoms with van der Waals surface area (Å²) in [6.07, 6.45) is 1.49. The predicted molar refractivity (Wildman–Crippen MR) is 63.8 cm³/mol. The Labute approximate surface area is 96.3 Å². The molecule has 4 nitrogen and oxygen atoms in total. The van der Waals surface area contributed by atoms with E-state index in [4.69, 9.17) is 0 Å². The molecule has 0 radical (unpaired) electrons. The molecule has 0 aromatic carbocycles. The molecule has 0 aliphatic heterocycles. The molecular formula is C12H20N2O2. The highest BCUT2D eigenvalue weighted by Gasteiger charge is 2.14. The number of likely N-dealkylation sites (N-methyl/N-ethyl adjacent to an activating group) is 1. The normalized spacial score (nSPS) is 12.8. The third-order valence-electron chi connectivity index (χ3n) is 2.74. The quantitative estimate of drug-likeness (QED) is 0.730. The molecule has 2 N–H and O–H groups in total. The molecule has 0 fully saturated rings. The first-order valence-corrected chi connectivity index (χ1v) is 5.47. The second kappa shape index (κ2) is 5.27. The van der Waals surface area contributed by atoms with Crippen molar-refractivity contribution < 1.29 is 9.90 Å². The Morgan fingerprint density at radius 3 is 2.62 bits per heavy atom. The van der Waals surface area contributed by atoms with E-state index in [0.717, 1.165) is 16.8 Å². The zero-order valence-electron chi connectivity index (χ0n) is 10.4. The van der Waals surface area contributed by atoms with Crippen molar-refractivity contribution >= 4 is 5.78 Å². The van der Waals surface area contributed by atoms with Crippen LogP contribution in [0.4, 0.5) is 0 Å². The number of hydrogen-bond acceptors (Lipinski definition) is 3. The molecule has 0 bridgehead atoms. The van der Waals surface area contributed by atoms with Gasteiger partial charge in [-0.1, -0.05) is 0 Å². The van der Waals surface area contributed by atoms with Gasteiger partial charge >= 0.3 is 0 Å². The average molecular weight is 224 g/mol. The van der Waals surface area contributed by atoms with E-state index >= 15 is 0 Å². The zero-order valence-corrected chi connectivity index (χ0v) is 10.4. The molecule has 4 heteroatoms. The molecule has 0 aliphatic rings. The first kappa shape index (κ1) is 12.9. The van der Waals surface area contributed by atoms with Gasteiger partial charge in [0.1, 0.15) is 0 Å². The molecule has 0 saturated heterocycles. The number of aliphatic hydroxyl groups excluding tert-OH is 1. The highest BCUT2D eigenvalue weighted by molar-refractivity contribution is 5.96. The molecular weight excluding hydrogens is 204 g/mol. The second-order valence-electron chi connectivity index (χ2n) is 4.19. The first-order valence-electron chi connectivity index (χ1n) is 5.47. The summed E-state index contributed by atoms with van der Waals surface area (Å²) < 4.78 is 1.94. The number of nitrogens with one attached hydrogen (secondary N) is 1. The minimum atomic E-state index is -0.435. The number of Topliss-reactive ketones (excluding diaryl/α,β-unsaturated/α-hetero) is 1. The van der Waals surface area contributed by atoms with Gasteiger partial charge in [0, 0.05) is 30.5 Å². The van der Waals surface area contributed by atoms with Crippen molar-refractivity contribution in [3.05, 3.63) is 23.0 Å². The predicted octanol–water partition coefficient (Wildman–Crippen LogP) is 0.888. The van der Waals surface area contributed by atoms with E-state index < -0.39 is 6.10 Å². The molecule has 1 atom stereocenters. The van der Waals surface area contributed by atoms with Gasteiger partial charge in [-0.3, -0.25) is 4.79 Å². The van der Waals surface area contributed by atoms with Crippen LogP contribution in [0.25, 0.3) is 0 Å². The lowest BCUT2D eigenvalue weighted by molar-refractivity contribution is 0.101. The lowest BCUT2D eigenvalue weighted by atomic mass is 10.1. The van der Waals surface area contributed by atoms with Gasteiger partial charge in [0.2, 0.25) is 0 Å². The van der Waals surface area contributed by atoms with Crippen molar-refractivity contribution in [2.45, 2.75) is 33.4 Å². The molecule has 1 rings (SSSR count). The van der Waals surface area contributed by atoms with Crippen molar-refractivity contribution in [3.8, 4) is 0 Å². The summed E-state index contributed by atoms with van der Waals surface area (Å²) >= 11 is 0. The lowest BCUT2D eigenvalue weighted by Crippen LogP contribution is -2.28. The fraction of sp³-hybridized carbons (Fsp3) is 0.583. The largest absolute Gasteiger partial charge is 0.390 e. The summed E-state index contributed by atoms with van der Waals surface area (Å²) in [6.45, 7) is 6.47. The van der Waals surface area contributed by atoms with Gasteiger partial charge in [0.25, 0.3) is 0 Å². The molecule has 0 aliphatic carbocycles. The minimum Gasteiger partial charge on any atom is -0.390 e. The second-order valence-corrected chi connectivity index (χ2v) is 4.19. The number of hydrogen-bond donors (Lipinski definition) is 2. The van der Waals surface area contributed by atoms with Crippen LogP contribution < -0.4 is 5.32 Å². The molecule has 1 heterocycles. The summed E-state index contributed by atoms with van der Waals surface area (Å²) in [6, 6.07) is 0. The van der Waals surface area contributed by atoms with Gasteiger partial charge in [-0.25, -0.2) is 0 Å². The lowest BCUT2D eigenvalue weighted by Gasteiger charge is -2.12. The Balaban J connectivity index is 2.90. The van der Waals surface area contributed by atoms with Gasteiger partial charge in [0.05, 0.1) is 6.10 Å². The number of aryl methyl sites for hydroxylation is 1. The highest BCUT2D eigenvalue weighted by atomic mass is 16.3. The Morgan fingerprint density at radius 2 is 2.19 bits per heavy atom. The van der Waals surface area contributed by atoms with E-state index in [1.54, 1.807) is 14.0 Å². The maximum atomic E-state index is 11.4. The Morgan fingerprint density at radius 1 is 1.56 bits per heavy atom. The number of carbonyl (C=O) groups excluding carboxylic acids is 1. The van der Waals surface area contributed by atoms with Gasteiger partial charge < -0.3 is 15.0 Å². The minimum absolute atomic E-state index is 0.0804. The van der Waals surface area contributed by atoms with Gasteiger partial charge in [-0.05, 0) is 33.4 Å². The van der Waals surface area contributed by atoms with E-state index in [1.807, 2.05) is 24.6 Å². The van der Waals surface area contributed by atoms with Crippen LogP contribution in [-0.4, -0.2) is 35.2 Å². The highest BCUT2D eigenvalue weighted by Crippen LogP contribution is 2.17. The number of aromatic nitrogens is 1. The van der Waals surface area contributed by atoms with Crippen LogP contribution >= 0.6 is 0 Å². The monoisotopic (exact) mass is 224 g/mol. The average Bonchev–Trinajstić information content (AvgIpc) is 2.42. The van der Waals surface area contributed by atoms with Crippen LogP contribution in [0.2, 0.25) is 0 Å². The van der Waals surface area contributed by atoms with E-state index in [1.165, 1.54) is 0 Å². The Hall–Kier alpha value is -1.13. The van der Waals surface area contributed by atoms with Crippen LogP contribution in [0, 0.1) is 13.8 Å². The summed E-state index contributed by atoms with van der Waals surface area (Å²) in [4.78, 5) is 11.4. The Kier molecular flexibility index (Phi) is 4.26. The third-order valence-corrected chi connectivity index (χ3v) is 2.74. The summed E-state index contributed by atoms with van der Waals surface area (Å²) in [7, 11) is 1.80. The van der Waals surface area contributed by atoms with E-state index in [-0.39, 0.29) is 5.78 Å². The molecule has 16 heavy (non-hydrogen) atoms. The van der Waals surface area contributed by atoms with Crippen LogP contribution in [0.1, 0.15) is 28.5 Å². The van der Waals surface area contributed by atoms with E-state index in [9.17, 15) is 9.90 Å². The third kappa shape index (κ3) is 2.71. The van der Waals surface area contributed by atoms with Crippen LogP contribution in [0.3, 0.4) is 0 Å². The summed E-state index contributed by atoms with van der Waals surface area (Å²) in [5, 5.41) is 12.6. The molecule has 0 amide bonds. The summed E-state index contributed by atoms with van der Waals surface area (Å²) in [5.74, 6) is 0.0804. The molecule has 0 unspecified atom stereocenters.